The maximum Gasteiger partial charge on any atom is 0.118 e. The highest BCUT2D eigenvalue weighted by Crippen LogP contribution is 2.37. The lowest BCUT2D eigenvalue weighted by Crippen LogP contribution is -2.19. The first kappa shape index (κ1) is 15.6. The van der Waals surface area contributed by atoms with Gasteiger partial charge < -0.3 is 10.5 Å². The summed E-state index contributed by atoms with van der Waals surface area (Å²) in [5, 5.41) is 6.89. The van der Waals surface area contributed by atoms with Crippen molar-refractivity contribution in [2.75, 3.05) is 18.7 Å². The Balaban J connectivity index is 2.00. The minimum absolute atomic E-state index is 0.181. The molecule has 0 bridgehead atoms. The van der Waals surface area contributed by atoms with Crippen molar-refractivity contribution in [1.82, 2.24) is 0 Å². The van der Waals surface area contributed by atoms with Crippen LogP contribution in [0.4, 0.5) is 5.69 Å². The minimum Gasteiger partial charge on any atom is -0.497 e. The van der Waals surface area contributed by atoms with E-state index in [1.54, 1.807) is 7.11 Å². The molecule has 0 aromatic heterocycles. The van der Waals surface area contributed by atoms with Gasteiger partial charge in [-0.2, -0.15) is 5.10 Å². The standard InChI is InChI=1S/C19H23N3O/c1-13-5-4-6-18(14(13)2)22-19(11-16(12-20)21-22)15-7-9-17(23-3)10-8-15/h4-10,19H,11-12,20H2,1-3H3. The van der Waals surface area contributed by atoms with E-state index in [-0.39, 0.29) is 6.04 Å². The second kappa shape index (κ2) is 6.42. The molecule has 2 aromatic rings. The number of nitrogens with two attached hydrogens (primary N) is 1. The molecule has 0 spiro atoms. The summed E-state index contributed by atoms with van der Waals surface area (Å²) in [5.41, 5.74) is 11.8. The van der Waals surface area contributed by atoms with Gasteiger partial charge >= 0.3 is 0 Å². The van der Waals surface area contributed by atoms with E-state index >= 15 is 0 Å². The van der Waals surface area contributed by atoms with Crippen LogP contribution in [0.1, 0.15) is 29.2 Å². The van der Waals surface area contributed by atoms with Crippen molar-refractivity contribution in [2.24, 2.45) is 10.8 Å². The molecule has 4 nitrogen and oxygen atoms in total. The zero-order chi connectivity index (χ0) is 16.4. The second-order valence-electron chi connectivity index (χ2n) is 5.93. The van der Waals surface area contributed by atoms with Crippen LogP contribution in [0.15, 0.2) is 47.6 Å². The van der Waals surface area contributed by atoms with E-state index in [4.69, 9.17) is 15.6 Å². The van der Waals surface area contributed by atoms with Crippen LogP contribution in [-0.4, -0.2) is 19.4 Å². The molecule has 1 aliphatic heterocycles. The lowest BCUT2D eigenvalue weighted by Gasteiger charge is -2.26. The first-order valence-corrected chi connectivity index (χ1v) is 7.90. The zero-order valence-corrected chi connectivity index (χ0v) is 13.9. The highest BCUT2D eigenvalue weighted by Gasteiger charge is 2.29. The summed E-state index contributed by atoms with van der Waals surface area (Å²) in [6.45, 7) is 4.77. The number of hydrazone groups is 1. The average molecular weight is 309 g/mol. The number of nitrogens with zero attached hydrogens (tertiary/aromatic N) is 2. The first-order valence-electron chi connectivity index (χ1n) is 7.90. The largest absolute Gasteiger partial charge is 0.497 e. The summed E-state index contributed by atoms with van der Waals surface area (Å²) in [7, 11) is 1.68. The molecule has 2 N–H and O–H groups in total. The molecule has 2 aromatic carbocycles. The lowest BCUT2D eigenvalue weighted by atomic mass is 10.00. The molecule has 1 heterocycles. The Kier molecular flexibility index (Phi) is 4.35. The fourth-order valence-electron chi connectivity index (χ4n) is 2.99. The highest BCUT2D eigenvalue weighted by atomic mass is 16.5. The number of hydrogen-bond acceptors (Lipinski definition) is 4. The van der Waals surface area contributed by atoms with Crippen LogP contribution in [0.5, 0.6) is 5.75 Å². The van der Waals surface area contributed by atoms with Crippen LogP contribution in [-0.2, 0) is 0 Å². The maximum absolute atomic E-state index is 5.85. The third-order valence-corrected chi connectivity index (χ3v) is 4.53. The summed E-state index contributed by atoms with van der Waals surface area (Å²) in [6.07, 6.45) is 0.857. The van der Waals surface area contributed by atoms with Gasteiger partial charge in [-0.1, -0.05) is 24.3 Å². The summed E-state index contributed by atoms with van der Waals surface area (Å²) in [6, 6.07) is 14.7. The van der Waals surface area contributed by atoms with Crippen LogP contribution in [0.2, 0.25) is 0 Å². The van der Waals surface area contributed by atoms with Crippen LogP contribution < -0.4 is 15.5 Å². The Hall–Kier alpha value is -2.33. The van der Waals surface area contributed by atoms with E-state index in [9.17, 15) is 0 Å². The monoisotopic (exact) mass is 309 g/mol. The predicted molar refractivity (Wildman–Crippen MR) is 95.2 cm³/mol. The number of hydrogen-bond donors (Lipinski definition) is 1. The molecule has 4 heteroatoms. The Bertz CT molecular complexity index is 722. The first-order chi connectivity index (χ1) is 11.1. The molecule has 1 unspecified atom stereocenters. The third-order valence-electron chi connectivity index (χ3n) is 4.53. The van der Waals surface area contributed by atoms with Gasteiger partial charge in [-0.25, -0.2) is 0 Å². The van der Waals surface area contributed by atoms with Gasteiger partial charge in [0.2, 0.25) is 0 Å². The molecular weight excluding hydrogens is 286 g/mol. The van der Waals surface area contributed by atoms with Gasteiger partial charge in [0.05, 0.1) is 24.6 Å². The van der Waals surface area contributed by atoms with Gasteiger partial charge in [0, 0.05) is 13.0 Å². The number of methoxy groups -OCH3 is 1. The average Bonchev–Trinajstić information content (AvgIpc) is 3.01. The molecule has 1 aliphatic rings. The van der Waals surface area contributed by atoms with Crippen LogP contribution in [0, 0.1) is 13.8 Å². The van der Waals surface area contributed by atoms with Crippen molar-refractivity contribution in [3.63, 3.8) is 0 Å². The van der Waals surface area contributed by atoms with E-state index in [2.05, 4.69) is 49.2 Å². The summed E-state index contributed by atoms with van der Waals surface area (Å²) < 4.78 is 5.26. The summed E-state index contributed by atoms with van der Waals surface area (Å²) in [4.78, 5) is 0. The molecule has 1 atom stereocenters. The quantitative estimate of drug-likeness (QED) is 0.939. The minimum atomic E-state index is 0.181. The van der Waals surface area contributed by atoms with Crippen molar-refractivity contribution in [2.45, 2.75) is 26.3 Å². The molecule has 3 rings (SSSR count). The molecule has 23 heavy (non-hydrogen) atoms. The van der Waals surface area contributed by atoms with E-state index < -0.39 is 0 Å². The Morgan fingerprint density at radius 3 is 2.57 bits per heavy atom. The molecular formula is C19H23N3O. The van der Waals surface area contributed by atoms with Crippen molar-refractivity contribution >= 4 is 11.4 Å². The highest BCUT2D eigenvalue weighted by molar-refractivity contribution is 5.90. The molecule has 0 amide bonds. The van der Waals surface area contributed by atoms with Crippen molar-refractivity contribution in [3.8, 4) is 5.75 Å². The number of aryl methyl sites for hydroxylation is 1. The van der Waals surface area contributed by atoms with Crippen molar-refractivity contribution in [1.29, 1.82) is 0 Å². The summed E-state index contributed by atoms with van der Waals surface area (Å²) in [5.74, 6) is 0.866. The van der Waals surface area contributed by atoms with Gasteiger partial charge in [-0.3, -0.25) is 5.01 Å². The number of benzene rings is 2. The van der Waals surface area contributed by atoms with E-state index in [0.29, 0.717) is 6.54 Å². The van der Waals surface area contributed by atoms with Gasteiger partial charge in [0.15, 0.2) is 0 Å². The molecule has 120 valence electrons. The second-order valence-corrected chi connectivity index (χ2v) is 5.93. The van der Waals surface area contributed by atoms with E-state index in [0.717, 1.165) is 23.6 Å². The molecule has 0 fully saturated rings. The molecule has 0 saturated heterocycles. The smallest absolute Gasteiger partial charge is 0.118 e. The van der Waals surface area contributed by atoms with Gasteiger partial charge in [0.25, 0.3) is 0 Å². The number of anilines is 1. The Morgan fingerprint density at radius 2 is 1.91 bits per heavy atom. The van der Waals surface area contributed by atoms with Crippen LogP contribution in [0.3, 0.4) is 0 Å². The Labute approximate surface area is 137 Å². The van der Waals surface area contributed by atoms with E-state index in [1.807, 2.05) is 12.1 Å². The SMILES string of the molecule is COc1ccc(C2CC(CN)=NN2c2cccc(C)c2C)cc1. The third kappa shape index (κ3) is 2.94. The number of rotatable bonds is 4. The van der Waals surface area contributed by atoms with Crippen LogP contribution >= 0.6 is 0 Å². The fourth-order valence-corrected chi connectivity index (χ4v) is 2.99. The van der Waals surface area contributed by atoms with Crippen LogP contribution in [0.25, 0.3) is 0 Å². The molecule has 0 saturated carbocycles. The predicted octanol–water partition coefficient (Wildman–Crippen LogP) is 3.58. The lowest BCUT2D eigenvalue weighted by molar-refractivity contribution is 0.414. The van der Waals surface area contributed by atoms with Crippen molar-refractivity contribution < 1.29 is 4.74 Å². The summed E-state index contributed by atoms with van der Waals surface area (Å²) >= 11 is 0. The van der Waals surface area contributed by atoms with Gasteiger partial charge in [-0.05, 0) is 48.7 Å². The van der Waals surface area contributed by atoms with E-state index in [1.165, 1.54) is 16.7 Å². The fraction of sp³-hybridized carbons (Fsp3) is 0.316. The number of ether oxygens (including phenoxy) is 1. The van der Waals surface area contributed by atoms with Gasteiger partial charge in [0.1, 0.15) is 5.75 Å². The Morgan fingerprint density at radius 1 is 1.17 bits per heavy atom. The molecule has 0 aliphatic carbocycles. The van der Waals surface area contributed by atoms with Crippen molar-refractivity contribution in [3.05, 3.63) is 59.2 Å². The zero-order valence-electron chi connectivity index (χ0n) is 13.9. The topological polar surface area (TPSA) is 50.9 Å². The molecule has 0 radical (unpaired) electrons. The van der Waals surface area contributed by atoms with Gasteiger partial charge in [-0.15, -0.1) is 0 Å². The maximum atomic E-state index is 5.85. The normalized spacial score (nSPS) is 17.3.